The Morgan fingerprint density at radius 2 is 2.00 bits per heavy atom. The van der Waals surface area contributed by atoms with Crippen LogP contribution in [0.4, 0.5) is 0 Å². The van der Waals surface area contributed by atoms with Gasteiger partial charge in [-0.25, -0.2) is 9.97 Å². The SMILES string of the molecule is Cc1nc(-c2ccoc2)c2c(n1)[C@@]1(c3ccccc3)C=C(C#N)C(=O)[C@@H](C)[C@@H]1CC2. The second-order valence-corrected chi connectivity index (χ2v) is 8.16. The summed E-state index contributed by atoms with van der Waals surface area (Å²) in [6.45, 7) is 3.84. The van der Waals surface area contributed by atoms with Crippen LogP contribution in [0, 0.1) is 30.1 Å². The fourth-order valence-electron chi connectivity index (χ4n) is 5.30. The molecule has 2 aliphatic carbocycles. The first-order chi connectivity index (χ1) is 14.6. The lowest BCUT2D eigenvalue weighted by Crippen LogP contribution is -2.48. The minimum absolute atomic E-state index is 0.0310. The van der Waals surface area contributed by atoms with Gasteiger partial charge in [0.05, 0.1) is 34.9 Å². The fourth-order valence-corrected chi connectivity index (χ4v) is 5.30. The van der Waals surface area contributed by atoms with Gasteiger partial charge >= 0.3 is 0 Å². The van der Waals surface area contributed by atoms with Gasteiger partial charge in [0.25, 0.3) is 0 Å². The van der Waals surface area contributed by atoms with Crippen LogP contribution in [0.25, 0.3) is 11.3 Å². The van der Waals surface area contributed by atoms with E-state index in [2.05, 4.69) is 18.2 Å². The van der Waals surface area contributed by atoms with E-state index in [-0.39, 0.29) is 23.2 Å². The van der Waals surface area contributed by atoms with E-state index in [4.69, 9.17) is 14.4 Å². The number of furan rings is 1. The summed E-state index contributed by atoms with van der Waals surface area (Å²) in [5.41, 5.74) is 4.40. The minimum Gasteiger partial charge on any atom is -0.472 e. The number of rotatable bonds is 2. The van der Waals surface area contributed by atoms with Crippen molar-refractivity contribution < 1.29 is 9.21 Å². The van der Waals surface area contributed by atoms with Crippen LogP contribution in [-0.2, 0) is 16.6 Å². The number of fused-ring (bicyclic) bond motifs is 3. The van der Waals surface area contributed by atoms with Crippen LogP contribution < -0.4 is 0 Å². The van der Waals surface area contributed by atoms with Crippen LogP contribution in [0.1, 0.15) is 36.0 Å². The number of hydrogen-bond donors (Lipinski definition) is 0. The number of hydrogen-bond acceptors (Lipinski definition) is 5. The van der Waals surface area contributed by atoms with E-state index in [0.29, 0.717) is 5.82 Å². The summed E-state index contributed by atoms with van der Waals surface area (Å²) < 4.78 is 5.32. The van der Waals surface area contributed by atoms with E-state index in [9.17, 15) is 10.1 Å². The largest absolute Gasteiger partial charge is 0.472 e. The number of benzene rings is 1. The van der Waals surface area contributed by atoms with E-state index in [1.807, 2.05) is 44.2 Å². The zero-order valence-electron chi connectivity index (χ0n) is 16.9. The minimum atomic E-state index is -0.639. The van der Waals surface area contributed by atoms with Crippen molar-refractivity contribution in [2.75, 3.05) is 0 Å². The molecule has 2 aliphatic rings. The van der Waals surface area contributed by atoms with E-state index in [1.165, 1.54) is 0 Å². The molecule has 3 aromatic rings. The summed E-state index contributed by atoms with van der Waals surface area (Å²) >= 11 is 0. The molecule has 0 amide bonds. The quantitative estimate of drug-likeness (QED) is 0.635. The van der Waals surface area contributed by atoms with Crippen LogP contribution in [0.5, 0.6) is 0 Å². The Kier molecular flexibility index (Phi) is 4.18. The van der Waals surface area contributed by atoms with Gasteiger partial charge in [0.2, 0.25) is 0 Å². The Morgan fingerprint density at radius 3 is 2.70 bits per heavy atom. The number of nitriles is 1. The lowest BCUT2D eigenvalue weighted by molar-refractivity contribution is -0.121. The molecule has 0 N–H and O–H groups in total. The molecule has 3 atom stereocenters. The Morgan fingerprint density at radius 1 is 1.20 bits per heavy atom. The highest BCUT2D eigenvalue weighted by Gasteiger charge is 2.53. The zero-order chi connectivity index (χ0) is 20.9. The van der Waals surface area contributed by atoms with Crippen molar-refractivity contribution in [1.29, 1.82) is 5.26 Å². The topological polar surface area (TPSA) is 79.8 Å². The first-order valence-corrected chi connectivity index (χ1v) is 10.2. The smallest absolute Gasteiger partial charge is 0.176 e. The summed E-state index contributed by atoms with van der Waals surface area (Å²) in [5, 5.41) is 9.75. The van der Waals surface area contributed by atoms with Gasteiger partial charge in [-0.15, -0.1) is 0 Å². The van der Waals surface area contributed by atoms with Crippen molar-refractivity contribution in [1.82, 2.24) is 9.97 Å². The van der Waals surface area contributed by atoms with E-state index in [0.717, 1.165) is 40.9 Å². The van der Waals surface area contributed by atoms with Crippen LogP contribution >= 0.6 is 0 Å². The van der Waals surface area contributed by atoms with E-state index in [1.54, 1.807) is 12.5 Å². The predicted molar refractivity (Wildman–Crippen MR) is 111 cm³/mol. The number of carbonyl (C=O) groups excluding carboxylic acids is 1. The summed E-state index contributed by atoms with van der Waals surface area (Å²) in [5.74, 6) is 0.366. The standard InChI is InChI=1S/C25H21N3O2/c1-15-21-9-8-20-22(17-10-11-30-14-17)27-16(2)28-24(20)25(21,12-18(13-26)23(15)29)19-6-4-3-5-7-19/h3-7,10-12,14-15,21H,8-9H2,1-2H3/t15-,21-,25+/m0/s1. The number of ketones is 1. The molecule has 148 valence electrons. The van der Waals surface area contributed by atoms with Crippen molar-refractivity contribution in [2.45, 2.75) is 32.1 Å². The van der Waals surface area contributed by atoms with Gasteiger partial charge in [-0.1, -0.05) is 37.3 Å². The molecule has 1 aromatic carbocycles. The van der Waals surface area contributed by atoms with Gasteiger partial charge in [0.15, 0.2) is 5.78 Å². The van der Waals surface area contributed by atoms with Crippen LogP contribution in [-0.4, -0.2) is 15.8 Å². The zero-order valence-corrected chi connectivity index (χ0v) is 16.9. The Balaban J connectivity index is 1.89. The third kappa shape index (κ3) is 2.50. The fraction of sp³-hybridized carbons (Fsp3) is 0.280. The molecule has 0 radical (unpaired) electrons. The van der Waals surface area contributed by atoms with Gasteiger partial charge in [-0.05, 0) is 43.4 Å². The molecule has 5 nitrogen and oxygen atoms in total. The number of carbonyl (C=O) groups is 1. The molecule has 0 aliphatic heterocycles. The van der Waals surface area contributed by atoms with Gasteiger partial charge in [0.1, 0.15) is 11.9 Å². The Bertz CT molecular complexity index is 1210. The molecule has 0 saturated carbocycles. The lowest BCUT2D eigenvalue weighted by Gasteiger charge is -2.48. The molecule has 0 fully saturated rings. The average Bonchev–Trinajstić information content (AvgIpc) is 3.31. The molecule has 2 heterocycles. The highest BCUT2D eigenvalue weighted by Crippen LogP contribution is 2.54. The Hall–Kier alpha value is -3.52. The first-order valence-electron chi connectivity index (χ1n) is 10.2. The third-order valence-electron chi connectivity index (χ3n) is 6.62. The summed E-state index contributed by atoms with van der Waals surface area (Å²) in [4.78, 5) is 22.6. The molecule has 5 rings (SSSR count). The number of Topliss-reactive ketones (excluding diaryl/α,β-unsaturated/α-hetero) is 1. The van der Waals surface area contributed by atoms with Crippen LogP contribution in [0.2, 0.25) is 0 Å². The molecular formula is C25H21N3O2. The number of aryl methyl sites for hydroxylation is 1. The highest BCUT2D eigenvalue weighted by atomic mass is 16.3. The summed E-state index contributed by atoms with van der Waals surface area (Å²) in [6.07, 6.45) is 6.82. The highest BCUT2D eigenvalue weighted by molar-refractivity contribution is 6.02. The molecular weight excluding hydrogens is 374 g/mol. The van der Waals surface area contributed by atoms with Crippen molar-refractivity contribution in [3.63, 3.8) is 0 Å². The van der Waals surface area contributed by atoms with Crippen LogP contribution in [0.15, 0.2) is 65.0 Å². The van der Waals surface area contributed by atoms with Crippen molar-refractivity contribution in [3.8, 4) is 17.3 Å². The van der Waals surface area contributed by atoms with Gasteiger partial charge in [0, 0.05) is 17.0 Å². The van der Waals surface area contributed by atoms with Crippen molar-refractivity contribution in [2.24, 2.45) is 11.8 Å². The Labute approximate surface area is 175 Å². The monoisotopic (exact) mass is 395 g/mol. The second-order valence-electron chi connectivity index (χ2n) is 8.16. The van der Waals surface area contributed by atoms with Gasteiger partial charge < -0.3 is 4.42 Å². The molecule has 0 saturated heterocycles. The molecule has 0 bridgehead atoms. The second kappa shape index (κ2) is 6.77. The number of allylic oxidation sites excluding steroid dienone is 2. The van der Waals surface area contributed by atoms with Crippen molar-refractivity contribution in [3.05, 3.63) is 83.2 Å². The molecule has 5 heteroatoms. The maximum absolute atomic E-state index is 12.9. The van der Waals surface area contributed by atoms with E-state index >= 15 is 0 Å². The number of aromatic nitrogens is 2. The molecule has 0 spiro atoms. The van der Waals surface area contributed by atoms with Crippen LogP contribution in [0.3, 0.4) is 0 Å². The average molecular weight is 395 g/mol. The maximum Gasteiger partial charge on any atom is 0.176 e. The number of nitrogens with zero attached hydrogens (tertiary/aromatic N) is 3. The van der Waals surface area contributed by atoms with Crippen molar-refractivity contribution >= 4 is 5.78 Å². The summed E-state index contributed by atoms with van der Waals surface area (Å²) in [7, 11) is 0. The normalized spacial score (nSPS) is 25.1. The molecule has 0 unspecified atom stereocenters. The molecule has 2 aromatic heterocycles. The third-order valence-corrected chi connectivity index (χ3v) is 6.62. The maximum atomic E-state index is 12.9. The van der Waals surface area contributed by atoms with E-state index < -0.39 is 5.41 Å². The van der Waals surface area contributed by atoms with Gasteiger partial charge in [-0.2, -0.15) is 5.26 Å². The summed E-state index contributed by atoms with van der Waals surface area (Å²) in [6, 6.07) is 14.2. The van der Waals surface area contributed by atoms with Gasteiger partial charge in [-0.3, -0.25) is 4.79 Å². The first kappa shape index (κ1) is 18.5. The lowest BCUT2D eigenvalue weighted by atomic mass is 9.54. The molecule has 30 heavy (non-hydrogen) atoms. The predicted octanol–water partition coefficient (Wildman–Crippen LogP) is 4.56.